The van der Waals surface area contributed by atoms with Gasteiger partial charge in [-0.3, -0.25) is 4.79 Å². The van der Waals surface area contributed by atoms with Crippen LogP contribution in [-0.4, -0.2) is 101 Å². The van der Waals surface area contributed by atoms with Gasteiger partial charge < -0.3 is 46.4 Å². The van der Waals surface area contributed by atoms with Crippen molar-refractivity contribution in [2.45, 2.75) is 106 Å². The summed E-state index contributed by atoms with van der Waals surface area (Å²) in [5, 5.41) is 58.1. The third-order valence-corrected chi connectivity index (χ3v) is 10.3. The molecular weight excluding hydrogens is 604 g/mol. The second kappa shape index (κ2) is 18.9. The molecular formula is C35H56N4O6S. The molecule has 0 bridgehead atoms. The maximum Gasteiger partial charge on any atom is 0.224 e. The van der Waals surface area contributed by atoms with E-state index >= 15 is 0 Å². The molecule has 2 aromatic carbocycles. The van der Waals surface area contributed by atoms with E-state index in [2.05, 4.69) is 79.1 Å². The van der Waals surface area contributed by atoms with Crippen LogP contribution in [0.25, 0.3) is 0 Å². The number of amides is 1. The molecule has 1 amide bonds. The van der Waals surface area contributed by atoms with Crippen LogP contribution in [0.5, 0.6) is 0 Å². The Hall–Kier alpha value is -2.22. The van der Waals surface area contributed by atoms with Gasteiger partial charge in [0.15, 0.2) is 0 Å². The summed E-state index contributed by atoms with van der Waals surface area (Å²) in [6, 6.07) is 15.0. The van der Waals surface area contributed by atoms with Crippen LogP contribution in [-0.2, 0) is 11.2 Å². The summed E-state index contributed by atoms with van der Waals surface area (Å²) in [5.74, 6) is 0.976. The highest BCUT2D eigenvalue weighted by Gasteiger charge is 2.35. The van der Waals surface area contributed by atoms with Gasteiger partial charge in [0.25, 0.3) is 0 Å². The van der Waals surface area contributed by atoms with E-state index in [0.717, 1.165) is 36.3 Å². The number of nitrogens with one attached hydrogen (secondary N) is 3. The molecule has 1 aliphatic heterocycles. The quantitative estimate of drug-likeness (QED) is 0.105. The Morgan fingerprint density at radius 1 is 1.04 bits per heavy atom. The monoisotopic (exact) mass is 660 g/mol. The van der Waals surface area contributed by atoms with Gasteiger partial charge in [-0.15, -0.1) is 11.8 Å². The van der Waals surface area contributed by atoms with Crippen LogP contribution in [0, 0.1) is 0 Å². The van der Waals surface area contributed by atoms with Crippen molar-refractivity contribution < 1.29 is 30.3 Å². The molecule has 258 valence electrons. The molecule has 0 saturated heterocycles. The Morgan fingerprint density at radius 2 is 1.80 bits per heavy atom. The summed E-state index contributed by atoms with van der Waals surface area (Å²) in [4.78, 5) is 16.2. The van der Waals surface area contributed by atoms with Crippen molar-refractivity contribution in [3.8, 4) is 0 Å². The fourth-order valence-corrected chi connectivity index (χ4v) is 7.22. The van der Waals surface area contributed by atoms with Crippen LogP contribution in [0.1, 0.15) is 76.0 Å². The number of benzene rings is 2. The molecule has 3 rings (SSSR count). The number of carbonyl (C=O) groups is 1. The largest absolute Gasteiger partial charge is 0.394 e. The second-order valence-corrected chi connectivity index (χ2v) is 13.8. The minimum atomic E-state index is -1.64. The zero-order valence-corrected chi connectivity index (χ0v) is 28.7. The molecule has 0 aromatic heterocycles. The van der Waals surface area contributed by atoms with E-state index in [1.807, 2.05) is 23.9 Å². The number of rotatable bonds is 19. The number of carbonyl (C=O) groups excluding carboxylic acids is 1. The molecule has 0 radical (unpaired) electrons. The first-order valence-corrected chi connectivity index (χ1v) is 17.7. The molecule has 10 nitrogen and oxygen atoms in total. The van der Waals surface area contributed by atoms with Gasteiger partial charge in [-0.1, -0.05) is 38.8 Å². The van der Waals surface area contributed by atoms with Gasteiger partial charge in [-0.05, 0) is 80.1 Å². The van der Waals surface area contributed by atoms with Crippen molar-refractivity contribution in [2.24, 2.45) is 0 Å². The topological polar surface area (TPSA) is 158 Å². The average Bonchev–Trinajstić information content (AvgIpc) is 3.20. The Kier molecular flexibility index (Phi) is 15.7. The molecule has 46 heavy (non-hydrogen) atoms. The van der Waals surface area contributed by atoms with E-state index in [1.54, 1.807) is 0 Å². The molecule has 2 aromatic rings. The maximum absolute atomic E-state index is 12.7. The van der Waals surface area contributed by atoms with Crippen molar-refractivity contribution >= 4 is 29.0 Å². The van der Waals surface area contributed by atoms with Gasteiger partial charge in [-0.2, -0.15) is 0 Å². The van der Waals surface area contributed by atoms with Crippen LogP contribution < -0.4 is 20.9 Å². The molecule has 6 atom stereocenters. The Labute approximate surface area is 279 Å². The predicted octanol–water partition coefficient (Wildman–Crippen LogP) is 3.21. The number of thioether (sulfide) groups is 1. The van der Waals surface area contributed by atoms with Crippen molar-refractivity contribution in [2.75, 3.05) is 49.8 Å². The first kappa shape index (κ1) is 38.2. The minimum Gasteiger partial charge on any atom is -0.394 e. The van der Waals surface area contributed by atoms with Crippen LogP contribution >= 0.6 is 11.8 Å². The molecule has 8 N–H and O–H groups in total. The minimum absolute atomic E-state index is 0.00279. The van der Waals surface area contributed by atoms with Crippen LogP contribution in [0.15, 0.2) is 47.4 Å². The van der Waals surface area contributed by atoms with Gasteiger partial charge in [0.1, 0.15) is 18.3 Å². The SMILES string of the molecule is CCCC[C@]1(CC)CSc2ccc(N(C)C)cc2[C@@H](Cc2cccc(NC(=O)CCCCNC[C@H](O)[C@@H](O)[C@H](O)[C@H](O)CO)c2)N1. The highest BCUT2D eigenvalue weighted by Crippen LogP contribution is 2.41. The summed E-state index contributed by atoms with van der Waals surface area (Å²) >= 11 is 1.96. The average molecular weight is 661 g/mol. The number of unbranched alkanes of at least 4 members (excludes halogenated alkanes) is 2. The standard InChI is InChI=1S/C35H56N4O6S/c1-5-7-16-35(6-2)23-46-31-15-14-26(39(3)4)20-27(31)28(38-35)19-24-11-10-12-25(18-24)37-32(43)13-8-9-17-36-21-29(41)33(44)34(45)30(42)22-40/h10-12,14-15,18,20,28-30,33-34,36,38,40-42,44-45H,5-9,13,16-17,19,21-23H2,1-4H3,(H,37,43)/t28-,29+,30-,33-,34-,35-/m1/s1. The summed E-state index contributed by atoms with van der Waals surface area (Å²) < 4.78 is 0. The molecule has 0 saturated carbocycles. The number of nitrogens with zero attached hydrogens (tertiary/aromatic N) is 1. The van der Waals surface area contributed by atoms with Gasteiger partial charge in [0.2, 0.25) is 5.91 Å². The third-order valence-electron chi connectivity index (χ3n) is 8.89. The normalized spacial score (nSPS) is 20.7. The zero-order valence-electron chi connectivity index (χ0n) is 27.9. The van der Waals surface area contributed by atoms with Gasteiger partial charge in [0, 0.05) is 60.7 Å². The summed E-state index contributed by atoms with van der Waals surface area (Å²) in [5.41, 5.74) is 4.51. The fraction of sp³-hybridized carbons (Fsp3) is 0.629. The summed E-state index contributed by atoms with van der Waals surface area (Å²) in [6.07, 6.45) is 0.966. The van der Waals surface area contributed by atoms with Gasteiger partial charge in [-0.25, -0.2) is 0 Å². The van der Waals surface area contributed by atoms with E-state index in [1.165, 1.54) is 29.0 Å². The second-order valence-electron chi connectivity index (χ2n) is 12.8. The van der Waals surface area contributed by atoms with E-state index in [-0.39, 0.29) is 24.0 Å². The van der Waals surface area contributed by atoms with Gasteiger partial charge >= 0.3 is 0 Å². The van der Waals surface area contributed by atoms with Crippen LogP contribution in [0.2, 0.25) is 0 Å². The lowest BCUT2D eigenvalue weighted by molar-refractivity contribution is -0.116. The van der Waals surface area contributed by atoms with E-state index in [4.69, 9.17) is 5.11 Å². The van der Waals surface area contributed by atoms with E-state index in [9.17, 15) is 25.2 Å². The van der Waals surface area contributed by atoms with Crippen molar-refractivity contribution in [3.05, 3.63) is 53.6 Å². The molecule has 1 heterocycles. The highest BCUT2D eigenvalue weighted by molar-refractivity contribution is 7.99. The van der Waals surface area contributed by atoms with Crippen molar-refractivity contribution in [1.29, 1.82) is 0 Å². The number of hydrogen-bond donors (Lipinski definition) is 8. The van der Waals surface area contributed by atoms with Crippen molar-refractivity contribution in [3.63, 3.8) is 0 Å². The first-order chi connectivity index (χ1) is 22.0. The Morgan fingerprint density at radius 3 is 2.50 bits per heavy atom. The first-order valence-electron chi connectivity index (χ1n) is 16.7. The van der Waals surface area contributed by atoms with E-state index < -0.39 is 31.0 Å². The molecule has 0 fully saturated rings. The number of anilines is 2. The van der Waals surface area contributed by atoms with E-state index in [0.29, 0.717) is 25.8 Å². The fourth-order valence-electron chi connectivity index (χ4n) is 5.83. The number of fused-ring (bicyclic) bond motifs is 1. The number of aliphatic hydroxyl groups is 5. The predicted molar refractivity (Wildman–Crippen MR) is 187 cm³/mol. The number of aliphatic hydroxyl groups excluding tert-OH is 5. The Balaban J connectivity index is 1.57. The molecule has 0 aliphatic carbocycles. The molecule has 11 heteroatoms. The summed E-state index contributed by atoms with van der Waals surface area (Å²) in [7, 11) is 4.15. The van der Waals surface area contributed by atoms with Crippen LogP contribution in [0.3, 0.4) is 0 Å². The third kappa shape index (κ3) is 11.2. The lowest BCUT2D eigenvalue weighted by Crippen LogP contribution is -2.49. The maximum atomic E-state index is 12.7. The molecule has 1 aliphatic rings. The van der Waals surface area contributed by atoms with Crippen LogP contribution in [0.4, 0.5) is 11.4 Å². The summed E-state index contributed by atoms with van der Waals surface area (Å²) in [6.45, 7) is 4.34. The van der Waals surface area contributed by atoms with Gasteiger partial charge in [0.05, 0.1) is 12.7 Å². The molecule has 0 unspecified atom stereocenters. The molecule has 0 spiro atoms. The smallest absolute Gasteiger partial charge is 0.224 e. The lowest BCUT2D eigenvalue weighted by Gasteiger charge is -2.36. The lowest BCUT2D eigenvalue weighted by atomic mass is 9.88. The highest BCUT2D eigenvalue weighted by atomic mass is 32.2. The Bertz CT molecular complexity index is 1220. The van der Waals surface area contributed by atoms with Crippen molar-refractivity contribution in [1.82, 2.24) is 10.6 Å². The zero-order chi connectivity index (χ0) is 33.7. The number of hydrogen-bond acceptors (Lipinski definition) is 10.